The number of fused-ring (bicyclic) bond motifs is 1. The van der Waals surface area contributed by atoms with Crippen molar-refractivity contribution in [1.29, 1.82) is 0 Å². The van der Waals surface area contributed by atoms with Gasteiger partial charge in [0.05, 0.1) is 6.04 Å². The molecule has 12 heavy (non-hydrogen) atoms. The Bertz CT molecular complexity index is 333. The van der Waals surface area contributed by atoms with Crippen molar-refractivity contribution < 1.29 is 4.79 Å². The van der Waals surface area contributed by atoms with Crippen molar-refractivity contribution in [2.45, 2.75) is 13.0 Å². The first-order valence-electron chi connectivity index (χ1n) is 3.72. The van der Waals surface area contributed by atoms with E-state index in [1.807, 2.05) is 6.92 Å². The average molecular weight is 230 g/mol. The van der Waals surface area contributed by atoms with Crippen molar-refractivity contribution in [3.05, 3.63) is 16.4 Å². The van der Waals surface area contributed by atoms with Gasteiger partial charge in [0.2, 0.25) is 0 Å². The lowest BCUT2D eigenvalue weighted by Crippen LogP contribution is -2.38. The quantitative estimate of drug-likeness (QED) is 0.721. The predicted molar refractivity (Wildman–Crippen MR) is 47.0 cm³/mol. The molecule has 0 aromatic carbocycles. The second kappa shape index (κ2) is 2.58. The highest BCUT2D eigenvalue weighted by molar-refractivity contribution is 9.10. The van der Waals surface area contributed by atoms with Crippen molar-refractivity contribution in [3.8, 4) is 0 Å². The molecule has 2 heterocycles. The Kier molecular flexibility index (Phi) is 1.68. The van der Waals surface area contributed by atoms with Crippen LogP contribution in [0.2, 0.25) is 0 Å². The minimum absolute atomic E-state index is 0.0497. The zero-order valence-electron chi connectivity index (χ0n) is 6.54. The Balaban J connectivity index is 2.54. The first-order chi connectivity index (χ1) is 5.68. The van der Waals surface area contributed by atoms with Crippen LogP contribution in [0.5, 0.6) is 0 Å². The number of carbonyl (C=O) groups excluding carboxylic acids is 1. The van der Waals surface area contributed by atoms with Crippen molar-refractivity contribution in [1.82, 2.24) is 15.1 Å². The van der Waals surface area contributed by atoms with Crippen LogP contribution >= 0.6 is 15.9 Å². The number of halogens is 1. The van der Waals surface area contributed by atoms with Gasteiger partial charge in [-0.25, -0.2) is 0 Å². The third kappa shape index (κ3) is 1.04. The molecule has 0 radical (unpaired) electrons. The molecule has 1 atom stereocenters. The summed E-state index contributed by atoms with van der Waals surface area (Å²) in [5.74, 6) is -0.0497. The lowest BCUT2D eigenvalue weighted by atomic mass is 10.2. The van der Waals surface area contributed by atoms with Gasteiger partial charge >= 0.3 is 0 Å². The first kappa shape index (κ1) is 7.79. The van der Waals surface area contributed by atoms with Gasteiger partial charge in [-0.2, -0.15) is 5.10 Å². The van der Waals surface area contributed by atoms with Crippen molar-refractivity contribution in [3.63, 3.8) is 0 Å². The summed E-state index contributed by atoms with van der Waals surface area (Å²) in [6.07, 6.45) is 0. The maximum Gasteiger partial charge on any atom is 0.269 e. The zero-order valence-corrected chi connectivity index (χ0v) is 8.13. The lowest BCUT2D eigenvalue weighted by Gasteiger charge is -2.20. The van der Waals surface area contributed by atoms with Crippen molar-refractivity contribution in [2.75, 3.05) is 6.54 Å². The maximum absolute atomic E-state index is 11.3. The third-order valence-corrected chi connectivity index (χ3v) is 2.30. The molecule has 0 spiro atoms. The van der Waals surface area contributed by atoms with E-state index in [0.29, 0.717) is 16.8 Å². The summed E-state index contributed by atoms with van der Waals surface area (Å²) in [4.78, 5) is 11.3. The van der Waals surface area contributed by atoms with Crippen LogP contribution in [-0.4, -0.2) is 22.2 Å². The molecule has 4 nitrogen and oxygen atoms in total. The fourth-order valence-corrected chi connectivity index (χ4v) is 1.68. The van der Waals surface area contributed by atoms with Crippen LogP contribution in [0.15, 0.2) is 10.7 Å². The van der Waals surface area contributed by atoms with Gasteiger partial charge in [0.15, 0.2) is 0 Å². The van der Waals surface area contributed by atoms with Crippen molar-refractivity contribution >= 4 is 21.8 Å². The fraction of sp³-hybridized carbons (Fsp3) is 0.429. The molecule has 1 aliphatic rings. The Morgan fingerprint density at radius 1 is 1.83 bits per heavy atom. The third-order valence-electron chi connectivity index (χ3n) is 1.91. The summed E-state index contributed by atoms with van der Waals surface area (Å²) in [5.41, 5.74) is 0.626. The van der Waals surface area contributed by atoms with Crippen LogP contribution in [0.3, 0.4) is 0 Å². The Hall–Kier alpha value is -0.840. The van der Waals surface area contributed by atoms with E-state index in [4.69, 9.17) is 0 Å². The van der Waals surface area contributed by atoms with Gasteiger partial charge in [0.1, 0.15) is 10.3 Å². The second-order valence-electron chi connectivity index (χ2n) is 2.86. The molecule has 2 rings (SSSR count). The molecule has 0 saturated carbocycles. The van der Waals surface area contributed by atoms with Crippen LogP contribution in [0.4, 0.5) is 0 Å². The monoisotopic (exact) mass is 229 g/mol. The van der Waals surface area contributed by atoms with E-state index in [1.54, 1.807) is 10.7 Å². The number of carbonyl (C=O) groups is 1. The minimum Gasteiger partial charge on any atom is -0.349 e. The molecule has 0 unspecified atom stereocenters. The largest absolute Gasteiger partial charge is 0.349 e. The molecule has 0 saturated heterocycles. The number of aromatic nitrogens is 2. The normalized spacial score (nSPS) is 21.8. The second-order valence-corrected chi connectivity index (χ2v) is 3.67. The highest BCUT2D eigenvalue weighted by Crippen LogP contribution is 2.18. The summed E-state index contributed by atoms with van der Waals surface area (Å²) in [5, 5.41) is 6.94. The van der Waals surface area contributed by atoms with Crippen LogP contribution in [-0.2, 0) is 0 Å². The Morgan fingerprint density at radius 3 is 3.25 bits per heavy atom. The average Bonchev–Trinajstić information content (AvgIpc) is 2.41. The van der Waals surface area contributed by atoms with Gasteiger partial charge in [0.25, 0.3) is 5.91 Å². The molecule has 1 aromatic rings. The van der Waals surface area contributed by atoms with Gasteiger partial charge in [-0.3, -0.25) is 9.48 Å². The van der Waals surface area contributed by atoms with E-state index in [9.17, 15) is 4.79 Å². The van der Waals surface area contributed by atoms with E-state index >= 15 is 0 Å². The topological polar surface area (TPSA) is 46.9 Å². The standard InChI is InChI=1S/C7H8BrN3O/c1-4-3-9-7(12)5-2-6(8)10-11(4)5/h2,4H,3H2,1H3,(H,9,12)/t4-/m1/s1. The number of hydrogen-bond donors (Lipinski definition) is 1. The van der Waals surface area contributed by atoms with Gasteiger partial charge in [-0.05, 0) is 22.9 Å². The Labute approximate surface area is 78.1 Å². The molecule has 1 amide bonds. The maximum atomic E-state index is 11.3. The smallest absolute Gasteiger partial charge is 0.269 e. The molecule has 1 N–H and O–H groups in total. The van der Waals surface area contributed by atoms with Gasteiger partial charge < -0.3 is 5.32 Å². The highest BCUT2D eigenvalue weighted by atomic mass is 79.9. The van der Waals surface area contributed by atoms with Crippen LogP contribution < -0.4 is 5.32 Å². The van der Waals surface area contributed by atoms with Crippen LogP contribution in [0, 0.1) is 0 Å². The number of amides is 1. The summed E-state index contributed by atoms with van der Waals surface area (Å²) < 4.78 is 2.45. The zero-order chi connectivity index (χ0) is 8.72. The molecule has 0 aliphatic carbocycles. The van der Waals surface area contributed by atoms with Crippen molar-refractivity contribution in [2.24, 2.45) is 0 Å². The molecular weight excluding hydrogens is 222 g/mol. The highest BCUT2D eigenvalue weighted by Gasteiger charge is 2.23. The van der Waals surface area contributed by atoms with E-state index in [-0.39, 0.29) is 11.9 Å². The van der Waals surface area contributed by atoms with Crippen LogP contribution in [0.1, 0.15) is 23.5 Å². The SMILES string of the molecule is C[C@@H]1CNC(=O)c2cc(Br)nn21. The number of nitrogens with zero attached hydrogens (tertiary/aromatic N) is 2. The molecule has 0 bridgehead atoms. The lowest BCUT2D eigenvalue weighted by molar-refractivity contribution is 0.0912. The number of hydrogen-bond acceptors (Lipinski definition) is 2. The van der Waals surface area contributed by atoms with E-state index in [0.717, 1.165) is 0 Å². The number of rotatable bonds is 0. The molecule has 1 aliphatic heterocycles. The Morgan fingerprint density at radius 2 is 2.58 bits per heavy atom. The summed E-state index contributed by atoms with van der Waals surface area (Å²) in [6.45, 7) is 2.67. The summed E-state index contributed by atoms with van der Waals surface area (Å²) in [7, 11) is 0. The van der Waals surface area contributed by atoms with E-state index < -0.39 is 0 Å². The number of nitrogens with one attached hydrogen (secondary N) is 1. The molecule has 64 valence electrons. The van der Waals surface area contributed by atoms with Crippen LogP contribution in [0.25, 0.3) is 0 Å². The molecular formula is C7H8BrN3O. The van der Waals surface area contributed by atoms with Gasteiger partial charge in [-0.1, -0.05) is 0 Å². The van der Waals surface area contributed by atoms with Gasteiger partial charge in [0, 0.05) is 12.6 Å². The van der Waals surface area contributed by atoms with E-state index in [1.165, 1.54) is 0 Å². The summed E-state index contributed by atoms with van der Waals surface area (Å²) >= 11 is 3.24. The molecule has 0 fully saturated rings. The first-order valence-corrected chi connectivity index (χ1v) is 4.51. The summed E-state index contributed by atoms with van der Waals surface area (Å²) in [6, 6.07) is 1.97. The van der Waals surface area contributed by atoms with E-state index in [2.05, 4.69) is 26.3 Å². The molecule has 1 aromatic heterocycles. The van der Waals surface area contributed by atoms with Gasteiger partial charge in [-0.15, -0.1) is 0 Å². The molecule has 5 heteroatoms. The fourth-order valence-electron chi connectivity index (χ4n) is 1.29. The minimum atomic E-state index is -0.0497. The predicted octanol–water partition coefficient (Wildman–Crippen LogP) is 0.950.